The van der Waals surface area contributed by atoms with Gasteiger partial charge in [0.05, 0.1) is 18.2 Å². The van der Waals surface area contributed by atoms with Gasteiger partial charge in [0, 0.05) is 19.5 Å². The summed E-state index contributed by atoms with van der Waals surface area (Å²) in [5.74, 6) is -0.592. The third-order valence-electron chi connectivity index (χ3n) is 4.37. The molecular formula is C18H23F3N2O3. The van der Waals surface area contributed by atoms with Gasteiger partial charge in [0.1, 0.15) is 0 Å². The van der Waals surface area contributed by atoms with Crippen LogP contribution in [0.25, 0.3) is 0 Å². The van der Waals surface area contributed by atoms with E-state index in [4.69, 9.17) is 0 Å². The number of amides is 2. The second-order valence-corrected chi connectivity index (χ2v) is 6.38. The second-order valence-electron chi connectivity index (χ2n) is 6.38. The van der Waals surface area contributed by atoms with E-state index in [0.29, 0.717) is 13.0 Å². The lowest BCUT2D eigenvalue weighted by molar-refractivity contribution is -0.139. The third-order valence-corrected chi connectivity index (χ3v) is 4.37. The molecule has 144 valence electrons. The summed E-state index contributed by atoms with van der Waals surface area (Å²) in [5.41, 5.74) is -1.22. The van der Waals surface area contributed by atoms with Crippen molar-refractivity contribution in [2.24, 2.45) is 0 Å². The van der Waals surface area contributed by atoms with Crippen molar-refractivity contribution in [3.63, 3.8) is 0 Å². The van der Waals surface area contributed by atoms with E-state index in [9.17, 15) is 27.9 Å². The molecule has 26 heavy (non-hydrogen) atoms. The molecule has 8 heteroatoms. The highest BCUT2D eigenvalue weighted by atomic mass is 19.4. The van der Waals surface area contributed by atoms with Crippen LogP contribution in [0.4, 0.5) is 13.2 Å². The van der Waals surface area contributed by atoms with Gasteiger partial charge in [-0.2, -0.15) is 13.2 Å². The Balaban J connectivity index is 1.92. The van der Waals surface area contributed by atoms with Crippen molar-refractivity contribution >= 4 is 11.8 Å². The van der Waals surface area contributed by atoms with Gasteiger partial charge in [-0.15, -0.1) is 0 Å². The summed E-state index contributed by atoms with van der Waals surface area (Å²) in [6.07, 6.45) is -2.06. The quantitative estimate of drug-likeness (QED) is 0.835. The van der Waals surface area contributed by atoms with Gasteiger partial charge < -0.3 is 15.3 Å². The highest BCUT2D eigenvalue weighted by molar-refractivity contribution is 5.84. The fourth-order valence-corrected chi connectivity index (χ4v) is 2.98. The van der Waals surface area contributed by atoms with Crippen molar-refractivity contribution in [3.05, 3.63) is 35.4 Å². The molecule has 0 aliphatic carbocycles. The molecule has 0 radical (unpaired) electrons. The van der Waals surface area contributed by atoms with Crippen molar-refractivity contribution in [2.75, 3.05) is 19.6 Å². The number of hydrogen-bond donors (Lipinski definition) is 2. The van der Waals surface area contributed by atoms with E-state index in [1.165, 1.54) is 23.1 Å². The van der Waals surface area contributed by atoms with Gasteiger partial charge in [0.15, 0.2) is 0 Å². The number of benzene rings is 1. The lowest BCUT2D eigenvalue weighted by Crippen LogP contribution is -2.42. The lowest BCUT2D eigenvalue weighted by Gasteiger charge is -2.24. The van der Waals surface area contributed by atoms with Gasteiger partial charge in [-0.3, -0.25) is 9.59 Å². The minimum absolute atomic E-state index is 0.0946. The molecule has 1 aliphatic rings. The van der Waals surface area contributed by atoms with E-state index in [1.54, 1.807) is 0 Å². The summed E-state index contributed by atoms with van der Waals surface area (Å²) < 4.78 is 39.0. The fraction of sp³-hybridized carbons (Fsp3) is 0.556. The Bertz CT molecular complexity index is 634. The summed E-state index contributed by atoms with van der Waals surface area (Å²) in [6, 6.07) is 4.71. The number of likely N-dealkylation sites (tertiary alicyclic amines) is 1. The van der Waals surface area contributed by atoms with E-state index in [1.807, 2.05) is 0 Å². The number of aliphatic hydroxyl groups excluding tert-OH is 1. The average molecular weight is 372 g/mol. The molecular weight excluding hydrogens is 349 g/mol. The van der Waals surface area contributed by atoms with Gasteiger partial charge >= 0.3 is 6.18 Å². The van der Waals surface area contributed by atoms with Gasteiger partial charge in [-0.05, 0) is 24.5 Å². The van der Waals surface area contributed by atoms with Crippen LogP contribution in [0.2, 0.25) is 0 Å². The molecule has 0 spiro atoms. The monoisotopic (exact) mass is 372 g/mol. The third kappa shape index (κ3) is 5.72. The molecule has 2 N–H and O–H groups in total. The number of alkyl halides is 3. The van der Waals surface area contributed by atoms with Crippen LogP contribution >= 0.6 is 0 Å². The highest BCUT2D eigenvalue weighted by Gasteiger charge is 2.34. The molecule has 0 bridgehead atoms. The van der Waals surface area contributed by atoms with Crippen LogP contribution in [0.5, 0.6) is 0 Å². The number of hydrogen-bond acceptors (Lipinski definition) is 3. The Morgan fingerprint density at radius 3 is 2.62 bits per heavy atom. The largest absolute Gasteiger partial charge is 0.416 e. The molecule has 2 amide bonds. The number of nitrogens with zero attached hydrogens (tertiary/aromatic N) is 1. The molecule has 0 aromatic heterocycles. The number of carbonyl (C=O) groups is 2. The van der Waals surface area contributed by atoms with E-state index in [2.05, 4.69) is 5.32 Å². The molecule has 1 aromatic rings. The minimum Gasteiger partial charge on any atom is -0.387 e. The first-order valence-corrected chi connectivity index (χ1v) is 8.67. The van der Waals surface area contributed by atoms with Crippen LogP contribution in [-0.2, 0) is 15.8 Å². The SMILES string of the molecule is O=C(CN1CCCCCCC1=O)NC[C@@H](O)c1ccccc1C(F)(F)F. The maximum Gasteiger partial charge on any atom is 0.416 e. The first-order valence-electron chi connectivity index (χ1n) is 8.67. The standard InChI is InChI=1S/C18H23F3N2O3/c19-18(20,21)14-8-5-4-7-13(14)15(24)11-22-16(25)12-23-10-6-2-1-3-9-17(23)26/h4-5,7-8,15,24H,1-3,6,9-12H2,(H,22,25)/t15-/m1/s1. The van der Waals surface area contributed by atoms with Crippen LogP contribution in [0.3, 0.4) is 0 Å². The number of nitrogens with one attached hydrogen (secondary N) is 1. The number of rotatable bonds is 5. The van der Waals surface area contributed by atoms with Crippen LogP contribution < -0.4 is 5.32 Å². The van der Waals surface area contributed by atoms with Crippen molar-refractivity contribution in [2.45, 2.75) is 44.4 Å². The number of halogens is 3. The second kappa shape index (κ2) is 9.02. The van der Waals surface area contributed by atoms with Crippen LogP contribution in [-0.4, -0.2) is 41.5 Å². The molecule has 1 aromatic carbocycles. The Kier molecular flexibility index (Phi) is 7.02. The van der Waals surface area contributed by atoms with Crippen LogP contribution in [0, 0.1) is 0 Å². The van der Waals surface area contributed by atoms with E-state index < -0.39 is 23.8 Å². The molecule has 1 atom stereocenters. The van der Waals surface area contributed by atoms with Crippen molar-refractivity contribution in [1.29, 1.82) is 0 Å². The highest BCUT2D eigenvalue weighted by Crippen LogP contribution is 2.34. The van der Waals surface area contributed by atoms with E-state index in [0.717, 1.165) is 31.7 Å². The average Bonchev–Trinajstić information content (AvgIpc) is 2.58. The molecule has 1 fully saturated rings. The fourth-order valence-electron chi connectivity index (χ4n) is 2.98. The molecule has 5 nitrogen and oxygen atoms in total. The molecule has 0 unspecified atom stereocenters. The topological polar surface area (TPSA) is 69.6 Å². The first kappa shape index (κ1) is 20.2. The molecule has 1 aliphatic heterocycles. The molecule has 1 saturated heterocycles. The molecule has 0 saturated carbocycles. The van der Waals surface area contributed by atoms with Gasteiger partial charge in [0.2, 0.25) is 11.8 Å². The summed E-state index contributed by atoms with van der Waals surface area (Å²) in [5, 5.41) is 12.5. The number of aliphatic hydroxyl groups is 1. The summed E-state index contributed by atoms with van der Waals surface area (Å²) in [4.78, 5) is 25.5. The van der Waals surface area contributed by atoms with Crippen LogP contribution in [0.1, 0.15) is 49.3 Å². The first-order chi connectivity index (χ1) is 12.3. The predicted octanol–water partition coefficient (Wildman–Crippen LogP) is 2.65. The van der Waals surface area contributed by atoms with Gasteiger partial charge in [-0.25, -0.2) is 0 Å². The van der Waals surface area contributed by atoms with Gasteiger partial charge in [-0.1, -0.05) is 31.0 Å². The lowest BCUT2D eigenvalue weighted by atomic mass is 10.0. The Labute approximate surface area is 150 Å². The molecule has 1 heterocycles. The van der Waals surface area contributed by atoms with Crippen molar-refractivity contribution < 1.29 is 27.9 Å². The van der Waals surface area contributed by atoms with E-state index in [-0.39, 0.29) is 24.6 Å². The summed E-state index contributed by atoms with van der Waals surface area (Å²) in [6.45, 7) is -0.00780. The van der Waals surface area contributed by atoms with E-state index >= 15 is 0 Å². The minimum atomic E-state index is -4.58. The normalized spacial score (nSPS) is 17.4. The zero-order chi connectivity index (χ0) is 19.2. The van der Waals surface area contributed by atoms with Crippen molar-refractivity contribution in [3.8, 4) is 0 Å². The molecule has 2 rings (SSSR count). The Morgan fingerprint density at radius 1 is 1.19 bits per heavy atom. The zero-order valence-electron chi connectivity index (χ0n) is 14.4. The van der Waals surface area contributed by atoms with Crippen LogP contribution in [0.15, 0.2) is 24.3 Å². The smallest absolute Gasteiger partial charge is 0.387 e. The maximum atomic E-state index is 13.0. The summed E-state index contributed by atoms with van der Waals surface area (Å²) in [7, 11) is 0. The zero-order valence-corrected chi connectivity index (χ0v) is 14.4. The predicted molar refractivity (Wildman–Crippen MR) is 89.1 cm³/mol. The Hall–Kier alpha value is -2.09. The Morgan fingerprint density at radius 2 is 1.88 bits per heavy atom. The maximum absolute atomic E-state index is 13.0. The summed E-state index contributed by atoms with van der Waals surface area (Å²) >= 11 is 0. The number of carbonyl (C=O) groups excluding carboxylic acids is 2. The van der Waals surface area contributed by atoms with Crippen molar-refractivity contribution in [1.82, 2.24) is 10.2 Å². The van der Waals surface area contributed by atoms with Gasteiger partial charge in [0.25, 0.3) is 0 Å².